The summed E-state index contributed by atoms with van der Waals surface area (Å²) in [6.45, 7) is 0. The molecular formula is C4H9NO3S. The molecule has 1 aliphatic rings. The van der Waals surface area contributed by atoms with Gasteiger partial charge in [-0.3, -0.25) is 0 Å². The van der Waals surface area contributed by atoms with Gasteiger partial charge in [0, 0.05) is 6.04 Å². The van der Waals surface area contributed by atoms with Crippen molar-refractivity contribution in [3.8, 4) is 0 Å². The molecule has 1 fully saturated rings. The van der Waals surface area contributed by atoms with Gasteiger partial charge in [-0.1, -0.05) is 0 Å². The third-order valence-corrected chi connectivity index (χ3v) is 3.11. The minimum atomic E-state index is -3.02. The van der Waals surface area contributed by atoms with E-state index in [2.05, 4.69) is 0 Å². The summed E-state index contributed by atoms with van der Waals surface area (Å²) in [4.78, 5) is 0. The number of aliphatic hydroxyl groups excluding tert-OH is 1. The average molecular weight is 151 g/mol. The highest BCUT2D eigenvalue weighted by Crippen LogP contribution is 2.09. The fraction of sp³-hybridized carbons (Fsp3) is 1.00. The maximum atomic E-state index is 10.6. The Kier molecular flexibility index (Phi) is 1.50. The van der Waals surface area contributed by atoms with Crippen molar-refractivity contribution < 1.29 is 13.5 Å². The van der Waals surface area contributed by atoms with E-state index in [0.717, 1.165) is 0 Å². The molecule has 0 amide bonds. The van der Waals surface area contributed by atoms with Crippen LogP contribution in [0.5, 0.6) is 0 Å². The molecule has 0 aromatic heterocycles. The number of sulfone groups is 1. The largest absolute Gasteiger partial charge is 0.390 e. The first-order valence-electron chi connectivity index (χ1n) is 2.65. The summed E-state index contributed by atoms with van der Waals surface area (Å²) in [5.74, 6) is -0.248. The highest BCUT2D eigenvalue weighted by Gasteiger charge is 2.33. The molecule has 9 heavy (non-hydrogen) atoms. The van der Waals surface area contributed by atoms with Crippen LogP contribution in [-0.2, 0) is 9.84 Å². The molecule has 0 unspecified atom stereocenters. The van der Waals surface area contributed by atoms with E-state index in [4.69, 9.17) is 10.8 Å². The predicted octanol–water partition coefficient (Wildman–Crippen LogP) is -1.90. The Morgan fingerprint density at radius 2 is 2.00 bits per heavy atom. The van der Waals surface area contributed by atoms with Crippen LogP contribution in [0, 0.1) is 0 Å². The molecule has 1 rings (SSSR count). The Morgan fingerprint density at radius 1 is 1.44 bits per heavy atom. The van der Waals surface area contributed by atoms with Crippen molar-refractivity contribution in [1.29, 1.82) is 0 Å². The van der Waals surface area contributed by atoms with Gasteiger partial charge >= 0.3 is 0 Å². The molecule has 0 aromatic carbocycles. The molecule has 2 atom stereocenters. The smallest absolute Gasteiger partial charge is 0.154 e. The number of rotatable bonds is 0. The molecular weight excluding hydrogens is 142 g/mol. The number of hydrogen-bond acceptors (Lipinski definition) is 4. The Hall–Kier alpha value is -0.130. The lowest BCUT2D eigenvalue weighted by atomic mass is 10.2. The summed E-state index contributed by atoms with van der Waals surface area (Å²) in [6, 6.07) is -0.574. The molecule has 4 nitrogen and oxygen atoms in total. The van der Waals surface area contributed by atoms with Crippen LogP contribution in [0.25, 0.3) is 0 Å². The minimum absolute atomic E-state index is 0.0752. The first kappa shape index (κ1) is 6.98. The van der Waals surface area contributed by atoms with Gasteiger partial charge in [-0.2, -0.15) is 0 Å². The van der Waals surface area contributed by atoms with Gasteiger partial charge < -0.3 is 10.8 Å². The Bertz CT molecular complexity index is 182. The second-order valence-corrected chi connectivity index (χ2v) is 4.46. The molecule has 0 aromatic rings. The zero-order valence-corrected chi connectivity index (χ0v) is 5.63. The quantitative estimate of drug-likeness (QED) is 0.424. The molecule has 0 saturated carbocycles. The Labute approximate surface area is 53.6 Å². The van der Waals surface area contributed by atoms with Crippen molar-refractivity contribution in [2.45, 2.75) is 12.1 Å². The van der Waals surface area contributed by atoms with E-state index >= 15 is 0 Å². The van der Waals surface area contributed by atoms with E-state index < -0.39 is 22.0 Å². The average Bonchev–Trinajstić information content (AvgIpc) is 1.79. The SMILES string of the molecule is N[C@@H]1CS(=O)(=O)C[C@H]1O. The van der Waals surface area contributed by atoms with Gasteiger partial charge in [-0.25, -0.2) is 8.42 Å². The highest BCUT2D eigenvalue weighted by molar-refractivity contribution is 7.91. The second-order valence-electron chi connectivity index (χ2n) is 2.31. The van der Waals surface area contributed by atoms with Crippen LogP contribution in [0.2, 0.25) is 0 Å². The van der Waals surface area contributed by atoms with Crippen molar-refractivity contribution >= 4 is 9.84 Å². The third kappa shape index (κ3) is 1.41. The van der Waals surface area contributed by atoms with Gasteiger partial charge in [0.25, 0.3) is 0 Å². The molecule has 0 radical (unpaired) electrons. The van der Waals surface area contributed by atoms with E-state index in [-0.39, 0.29) is 11.5 Å². The molecule has 1 aliphatic heterocycles. The third-order valence-electron chi connectivity index (χ3n) is 1.37. The van der Waals surface area contributed by atoms with Crippen molar-refractivity contribution in [3.63, 3.8) is 0 Å². The van der Waals surface area contributed by atoms with E-state index in [1.165, 1.54) is 0 Å². The lowest BCUT2D eigenvalue weighted by Gasteiger charge is -2.02. The first-order valence-corrected chi connectivity index (χ1v) is 4.47. The zero-order chi connectivity index (χ0) is 7.07. The van der Waals surface area contributed by atoms with Gasteiger partial charge in [0.2, 0.25) is 0 Å². The molecule has 3 N–H and O–H groups in total. The maximum Gasteiger partial charge on any atom is 0.154 e. The van der Waals surface area contributed by atoms with Crippen LogP contribution in [-0.4, -0.2) is 37.2 Å². The number of hydrogen-bond donors (Lipinski definition) is 2. The van der Waals surface area contributed by atoms with Gasteiger partial charge in [0.1, 0.15) is 0 Å². The lowest BCUT2D eigenvalue weighted by molar-refractivity contribution is 0.183. The van der Waals surface area contributed by atoms with Crippen molar-refractivity contribution in [3.05, 3.63) is 0 Å². The fourth-order valence-corrected chi connectivity index (χ4v) is 2.57. The normalized spacial score (nSPS) is 41.1. The molecule has 5 heteroatoms. The Balaban J connectivity index is 2.77. The molecule has 1 heterocycles. The highest BCUT2D eigenvalue weighted by atomic mass is 32.2. The summed E-state index contributed by atoms with van der Waals surface area (Å²) in [6.07, 6.45) is -0.852. The summed E-state index contributed by atoms with van der Waals surface area (Å²) < 4.78 is 21.2. The van der Waals surface area contributed by atoms with Crippen molar-refractivity contribution in [2.75, 3.05) is 11.5 Å². The summed E-state index contributed by atoms with van der Waals surface area (Å²) in [7, 11) is -3.02. The predicted molar refractivity (Wildman–Crippen MR) is 32.6 cm³/mol. The van der Waals surface area contributed by atoms with Gasteiger partial charge in [-0.05, 0) is 0 Å². The van der Waals surface area contributed by atoms with Crippen LogP contribution in [0.4, 0.5) is 0 Å². The first-order chi connectivity index (χ1) is 4.01. The summed E-state index contributed by atoms with van der Waals surface area (Å²) in [5, 5.41) is 8.83. The van der Waals surface area contributed by atoms with E-state index in [0.29, 0.717) is 0 Å². The van der Waals surface area contributed by atoms with E-state index in [9.17, 15) is 8.42 Å². The second kappa shape index (κ2) is 1.93. The van der Waals surface area contributed by atoms with E-state index in [1.807, 2.05) is 0 Å². The molecule has 1 saturated heterocycles. The van der Waals surface area contributed by atoms with Gasteiger partial charge in [-0.15, -0.1) is 0 Å². The standard InChI is InChI=1S/C4H9NO3S/c5-3-1-9(7,8)2-4(3)6/h3-4,6H,1-2,5H2/t3-,4-/m1/s1. The fourth-order valence-electron chi connectivity index (χ4n) is 0.856. The maximum absolute atomic E-state index is 10.6. The topological polar surface area (TPSA) is 80.4 Å². The number of aliphatic hydroxyl groups is 1. The van der Waals surface area contributed by atoms with Crippen molar-refractivity contribution in [1.82, 2.24) is 0 Å². The Morgan fingerprint density at radius 3 is 2.11 bits per heavy atom. The van der Waals surface area contributed by atoms with Crippen LogP contribution in [0.3, 0.4) is 0 Å². The van der Waals surface area contributed by atoms with Crippen molar-refractivity contribution in [2.24, 2.45) is 5.73 Å². The molecule has 54 valence electrons. The zero-order valence-electron chi connectivity index (χ0n) is 4.82. The molecule has 0 spiro atoms. The van der Waals surface area contributed by atoms with Gasteiger partial charge in [0.05, 0.1) is 17.6 Å². The van der Waals surface area contributed by atoms with Crippen LogP contribution < -0.4 is 5.73 Å². The van der Waals surface area contributed by atoms with Crippen LogP contribution in [0.1, 0.15) is 0 Å². The molecule has 0 bridgehead atoms. The molecule has 0 aliphatic carbocycles. The van der Waals surface area contributed by atoms with Crippen LogP contribution >= 0.6 is 0 Å². The minimum Gasteiger partial charge on any atom is -0.390 e. The summed E-state index contributed by atoms with van der Waals surface area (Å²) in [5.41, 5.74) is 5.22. The van der Waals surface area contributed by atoms with Gasteiger partial charge in [0.15, 0.2) is 9.84 Å². The van der Waals surface area contributed by atoms with E-state index in [1.54, 1.807) is 0 Å². The number of nitrogens with two attached hydrogens (primary N) is 1. The summed E-state index contributed by atoms with van der Waals surface area (Å²) >= 11 is 0. The van der Waals surface area contributed by atoms with Crippen LogP contribution in [0.15, 0.2) is 0 Å². The monoisotopic (exact) mass is 151 g/mol. The lowest BCUT2D eigenvalue weighted by Crippen LogP contribution is -2.32.